The fraction of sp³-hybridized carbons (Fsp3) is 0.571. The maximum atomic E-state index is 10.5. The van der Waals surface area contributed by atoms with Crippen LogP contribution in [0.1, 0.15) is 24.8 Å². The molecule has 0 bridgehead atoms. The topological polar surface area (TPSA) is 64.4 Å². The molecule has 1 saturated carbocycles. The number of nitrogens with one attached hydrogen (secondary N) is 1. The third kappa shape index (κ3) is 4.01. The van der Waals surface area contributed by atoms with Crippen molar-refractivity contribution in [3.8, 4) is 0 Å². The molecule has 19 heavy (non-hydrogen) atoms. The highest BCUT2D eigenvalue weighted by Crippen LogP contribution is 2.21. The number of nitro benzene ring substituents is 1. The summed E-state index contributed by atoms with van der Waals surface area (Å²) in [6.07, 6.45) is 4.67. The maximum Gasteiger partial charge on any atom is 0.269 e. The molecule has 0 aliphatic heterocycles. The van der Waals surface area contributed by atoms with E-state index in [1.165, 1.54) is 6.42 Å². The summed E-state index contributed by atoms with van der Waals surface area (Å²) in [5.74, 6) is 0. The van der Waals surface area contributed by atoms with Crippen molar-refractivity contribution in [2.24, 2.45) is 0 Å². The van der Waals surface area contributed by atoms with Crippen LogP contribution < -0.4 is 5.32 Å². The van der Waals surface area contributed by atoms with Crippen molar-refractivity contribution >= 4 is 5.69 Å². The van der Waals surface area contributed by atoms with Crippen molar-refractivity contribution in [1.82, 2.24) is 5.32 Å². The predicted molar refractivity (Wildman–Crippen MR) is 73.2 cm³/mol. The summed E-state index contributed by atoms with van der Waals surface area (Å²) in [4.78, 5) is 10.2. The fourth-order valence-corrected chi connectivity index (χ4v) is 2.54. The van der Waals surface area contributed by atoms with Crippen LogP contribution >= 0.6 is 0 Å². The van der Waals surface area contributed by atoms with E-state index < -0.39 is 0 Å². The van der Waals surface area contributed by atoms with Crippen molar-refractivity contribution < 1.29 is 9.66 Å². The summed E-state index contributed by atoms with van der Waals surface area (Å²) in [6, 6.07) is 7.32. The van der Waals surface area contributed by atoms with Crippen LogP contribution in [-0.2, 0) is 11.2 Å². The molecule has 1 fully saturated rings. The molecular weight excluding hydrogens is 244 g/mol. The van der Waals surface area contributed by atoms with Crippen LogP contribution in [0.2, 0.25) is 0 Å². The molecule has 0 radical (unpaired) electrons. The van der Waals surface area contributed by atoms with Gasteiger partial charge in [-0.15, -0.1) is 0 Å². The lowest BCUT2D eigenvalue weighted by Crippen LogP contribution is -2.29. The fourth-order valence-electron chi connectivity index (χ4n) is 2.54. The van der Waals surface area contributed by atoms with Crippen molar-refractivity contribution in [2.75, 3.05) is 13.7 Å². The summed E-state index contributed by atoms with van der Waals surface area (Å²) in [7, 11) is 1.77. The quantitative estimate of drug-likeness (QED) is 0.632. The zero-order valence-electron chi connectivity index (χ0n) is 11.2. The van der Waals surface area contributed by atoms with Gasteiger partial charge in [0.25, 0.3) is 5.69 Å². The van der Waals surface area contributed by atoms with Crippen LogP contribution in [0.15, 0.2) is 24.3 Å². The molecule has 1 N–H and O–H groups in total. The monoisotopic (exact) mass is 264 g/mol. The Morgan fingerprint density at radius 3 is 2.68 bits per heavy atom. The highest BCUT2D eigenvalue weighted by atomic mass is 16.6. The minimum Gasteiger partial charge on any atom is -0.381 e. The Hall–Kier alpha value is -1.46. The lowest BCUT2D eigenvalue weighted by Gasteiger charge is -2.12. The molecule has 5 heteroatoms. The van der Waals surface area contributed by atoms with Gasteiger partial charge in [0.15, 0.2) is 0 Å². The van der Waals surface area contributed by atoms with Gasteiger partial charge in [0.05, 0.1) is 11.0 Å². The zero-order chi connectivity index (χ0) is 13.7. The van der Waals surface area contributed by atoms with Crippen LogP contribution in [0.25, 0.3) is 0 Å². The van der Waals surface area contributed by atoms with Crippen LogP contribution in [0, 0.1) is 10.1 Å². The molecule has 0 heterocycles. The second kappa shape index (κ2) is 6.63. The van der Waals surface area contributed by atoms with Gasteiger partial charge < -0.3 is 10.1 Å². The van der Waals surface area contributed by atoms with E-state index in [-0.39, 0.29) is 10.6 Å². The summed E-state index contributed by atoms with van der Waals surface area (Å²) in [6.45, 7) is 0.902. The van der Waals surface area contributed by atoms with Gasteiger partial charge in [-0.2, -0.15) is 0 Å². The maximum absolute atomic E-state index is 10.5. The van der Waals surface area contributed by atoms with Gasteiger partial charge >= 0.3 is 0 Å². The molecule has 5 nitrogen and oxygen atoms in total. The summed E-state index contributed by atoms with van der Waals surface area (Å²) in [5, 5.41) is 14.1. The highest BCUT2D eigenvalue weighted by Gasteiger charge is 2.23. The molecule has 1 aromatic rings. The number of hydrogen-bond donors (Lipinski definition) is 1. The number of rotatable bonds is 6. The number of benzene rings is 1. The molecule has 2 atom stereocenters. The molecule has 2 rings (SSSR count). The molecule has 0 aromatic heterocycles. The average molecular weight is 264 g/mol. The largest absolute Gasteiger partial charge is 0.381 e. The van der Waals surface area contributed by atoms with Crippen molar-refractivity contribution in [2.45, 2.75) is 37.8 Å². The molecule has 0 saturated heterocycles. The Bertz CT molecular complexity index is 419. The first-order valence-electron chi connectivity index (χ1n) is 6.68. The third-order valence-electron chi connectivity index (χ3n) is 3.71. The first kappa shape index (κ1) is 14.0. The van der Waals surface area contributed by atoms with Crippen molar-refractivity contribution in [3.05, 3.63) is 39.9 Å². The second-order valence-electron chi connectivity index (χ2n) is 5.00. The number of nitro groups is 1. The van der Waals surface area contributed by atoms with E-state index in [1.54, 1.807) is 19.2 Å². The van der Waals surface area contributed by atoms with Gasteiger partial charge in [-0.3, -0.25) is 10.1 Å². The van der Waals surface area contributed by atoms with Crippen molar-refractivity contribution in [3.63, 3.8) is 0 Å². The Balaban J connectivity index is 1.72. The first-order valence-corrected chi connectivity index (χ1v) is 6.68. The minimum absolute atomic E-state index is 0.149. The van der Waals surface area contributed by atoms with E-state index >= 15 is 0 Å². The van der Waals surface area contributed by atoms with E-state index in [0.29, 0.717) is 12.1 Å². The van der Waals surface area contributed by atoms with Gasteiger partial charge in [-0.05, 0) is 37.8 Å². The van der Waals surface area contributed by atoms with Gasteiger partial charge in [0.2, 0.25) is 0 Å². The van der Waals surface area contributed by atoms with Crippen LogP contribution in [0.3, 0.4) is 0 Å². The molecule has 1 aliphatic rings. The average Bonchev–Trinajstić information content (AvgIpc) is 2.87. The van der Waals surface area contributed by atoms with E-state index in [1.807, 2.05) is 12.1 Å². The van der Waals surface area contributed by atoms with Crippen LogP contribution in [-0.4, -0.2) is 30.7 Å². The molecule has 0 amide bonds. The molecule has 1 aromatic carbocycles. The van der Waals surface area contributed by atoms with E-state index in [2.05, 4.69) is 5.32 Å². The van der Waals surface area contributed by atoms with Gasteiger partial charge in [0.1, 0.15) is 0 Å². The standard InChI is InChI=1S/C14H20N2O3/c1-19-14-7-4-12(10-14)15-9-8-11-2-5-13(6-3-11)16(17)18/h2-3,5-6,12,14-15H,4,7-10H2,1H3. The van der Waals surface area contributed by atoms with Gasteiger partial charge in [-0.1, -0.05) is 12.1 Å². The number of nitrogens with zero attached hydrogens (tertiary/aromatic N) is 1. The normalized spacial score (nSPS) is 22.6. The first-order chi connectivity index (χ1) is 9.19. The number of methoxy groups -OCH3 is 1. The van der Waals surface area contributed by atoms with Gasteiger partial charge in [-0.25, -0.2) is 0 Å². The summed E-state index contributed by atoms with van der Waals surface area (Å²) < 4.78 is 5.34. The van der Waals surface area contributed by atoms with E-state index in [4.69, 9.17) is 4.74 Å². The van der Waals surface area contributed by atoms with Crippen LogP contribution in [0.4, 0.5) is 5.69 Å². The molecular formula is C14H20N2O3. The SMILES string of the molecule is COC1CCC(NCCc2ccc([N+](=O)[O-])cc2)C1. The van der Waals surface area contributed by atoms with Gasteiger partial charge in [0, 0.05) is 25.3 Å². The zero-order valence-corrected chi connectivity index (χ0v) is 11.2. The van der Waals surface area contributed by atoms with E-state index in [0.717, 1.165) is 31.4 Å². The summed E-state index contributed by atoms with van der Waals surface area (Å²) in [5.41, 5.74) is 1.27. The number of hydrogen-bond acceptors (Lipinski definition) is 4. The number of non-ortho nitro benzene ring substituents is 1. The Morgan fingerprint density at radius 1 is 1.37 bits per heavy atom. The molecule has 1 aliphatic carbocycles. The van der Waals surface area contributed by atoms with Crippen molar-refractivity contribution in [1.29, 1.82) is 0 Å². The minimum atomic E-state index is -0.370. The Labute approximate surface area is 113 Å². The lowest BCUT2D eigenvalue weighted by atomic mass is 10.1. The Morgan fingerprint density at radius 2 is 2.11 bits per heavy atom. The molecule has 2 unspecified atom stereocenters. The lowest BCUT2D eigenvalue weighted by molar-refractivity contribution is -0.384. The third-order valence-corrected chi connectivity index (χ3v) is 3.71. The smallest absolute Gasteiger partial charge is 0.269 e. The second-order valence-corrected chi connectivity index (χ2v) is 5.00. The predicted octanol–water partition coefficient (Wildman–Crippen LogP) is 2.29. The number of ether oxygens (including phenoxy) is 1. The van der Waals surface area contributed by atoms with Crippen LogP contribution in [0.5, 0.6) is 0 Å². The summed E-state index contributed by atoms with van der Waals surface area (Å²) >= 11 is 0. The van der Waals surface area contributed by atoms with E-state index in [9.17, 15) is 10.1 Å². The molecule has 0 spiro atoms. The molecule has 104 valence electrons. The Kier molecular flexibility index (Phi) is 4.87. The highest BCUT2D eigenvalue weighted by molar-refractivity contribution is 5.32.